The van der Waals surface area contributed by atoms with Crippen molar-refractivity contribution in [2.45, 2.75) is 56.1 Å². The zero-order valence-electron chi connectivity index (χ0n) is 24.9. The molecule has 3 aliphatic heterocycles. The van der Waals surface area contributed by atoms with Crippen molar-refractivity contribution in [3.8, 4) is 17.4 Å². The van der Waals surface area contributed by atoms with Crippen LogP contribution < -0.4 is 24.4 Å². The fourth-order valence-corrected chi connectivity index (χ4v) is 7.00. The van der Waals surface area contributed by atoms with Crippen LogP contribution in [0.25, 0.3) is 5.82 Å². The number of aromatic nitrogens is 3. The van der Waals surface area contributed by atoms with Crippen LogP contribution in [0, 0.1) is 11.3 Å². The summed E-state index contributed by atoms with van der Waals surface area (Å²) in [6, 6.07) is 10.4. The minimum Gasteiger partial charge on any atom is -0.492 e. The third-order valence-corrected chi connectivity index (χ3v) is 10.1. The van der Waals surface area contributed by atoms with Crippen molar-refractivity contribution < 1.29 is 35.9 Å². The normalized spacial score (nSPS) is 22.2. The lowest BCUT2D eigenvalue weighted by atomic mass is 9.96. The maximum absolute atomic E-state index is 13.6. The number of sulfonamides is 1. The number of nitrogens with one attached hydrogen (secondary N) is 2. The summed E-state index contributed by atoms with van der Waals surface area (Å²) in [7, 11) is -4.21. The number of amides is 1. The van der Waals surface area contributed by atoms with Gasteiger partial charge in [-0.05, 0) is 88.4 Å². The molecule has 2 aromatic heterocycles. The Bertz CT molecular complexity index is 1670. The molecule has 0 radical (unpaired) electrons. The molecule has 1 aromatic carbocycles. The van der Waals surface area contributed by atoms with Crippen molar-refractivity contribution in [3.63, 3.8) is 0 Å². The molecule has 1 amide bonds. The fraction of sp³-hybridized carbons (Fsp3) is 0.500. The lowest BCUT2D eigenvalue weighted by Gasteiger charge is -2.34. The second kappa shape index (κ2) is 11.5. The minimum absolute atomic E-state index is 0.0683. The van der Waals surface area contributed by atoms with Gasteiger partial charge in [0.2, 0.25) is 5.88 Å². The van der Waals surface area contributed by atoms with E-state index in [1.54, 1.807) is 6.20 Å². The Morgan fingerprint density at radius 2 is 1.87 bits per heavy atom. The average molecular weight is 649 g/mol. The van der Waals surface area contributed by atoms with Gasteiger partial charge in [-0.3, -0.25) is 4.79 Å². The maximum Gasteiger partial charge on any atom is 0.394 e. The van der Waals surface area contributed by atoms with E-state index in [1.165, 1.54) is 47.1 Å². The van der Waals surface area contributed by atoms with Gasteiger partial charge in [0.25, 0.3) is 15.9 Å². The quantitative estimate of drug-likeness (QED) is 0.421. The van der Waals surface area contributed by atoms with Gasteiger partial charge >= 0.3 is 6.18 Å². The molecular formula is C30H35F3N6O5S. The molecule has 3 aromatic rings. The molecular weight excluding hydrogens is 613 g/mol. The second-order valence-electron chi connectivity index (χ2n) is 12.5. The number of halogens is 3. The largest absolute Gasteiger partial charge is 0.492 e. The molecule has 242 valence electrons. The molecule has 4 aliphatic rings. The third kappa shape index (κ3) is 6.45. The number of hydrogen-bond acceptors (Lipinski definition) is 9. The minimum atomic E-state index is -4.25. The summed E-state index contributed by atoms with van der Waals surface area (Å²) >= 11 is 0. The van der Waals surface area contributed by atoms with Gasteiger partial charge < -0.3 is 19.7 Å². The number of fused-ring (bicyclic) bond motifs is 8. The van der Waals surface area contributed by atoms with Crippen molar-refractivity contribution in [1.82, 2.24) is 24.8 Å². The van der Waals surface area contributed by atoms with E-state index in [0.717, 1.165) is 6.42 Å². The topological polar surface area (TPSA) is 128 Å². The monoisotopic (exact) mass is 648 g/mol. The van der Waals surface area contributed by atoms with Crippen LogP contribution in [0.3, 0.4) is 0 Å². The van der Waals surface area contributed by atoms with E-state index in [0.29, 0.717) is 37.8 Å². The Labute approximate surface area is 259 Å². The molecule has 2 N–H and O–H groups in total. The molecule has 1 unspecified atom stereocenters. The SMILES string of the molecule is CC1(C)CC2CNCCOc3ccc(cc3)S(=O)(=O)NC(=O)c3ccc(-n4ccc(OCCC5(C(F)(F)F)CC5)n4)nc3N1C2. The van der Waals surface area contributed by atoms with E-state index >= 15 is 0 Å². The zero-order valence-corrected chi connectivity index (χ0v) is 25.7. The van der Waals surface area contributed by atoms with Crippen LogP contribution in [0.2, 0.25) is 0 Å². The lowest BCUT2D eigenvalue weighted by molar-refractivity contribution is -0.190. The summed E-state index contributed by atoms with van der Waals surface area (Å²) in [4.78, 5) is 20.3. The van der Waals surface area contributed by atoms with Crippen LogP contribution in [-0.4, -0.2) is 73.7 Å². The van der Waals surface area contributed by atoms with Gasteiger partial charge in [0.05, 0.1) is 22.5 Å². The number of alkyl halides is 3. The lowest BCUT2D eigenvalue weighted by Crippen LogP contribution is -2.41. The van der Waals surface area contributed by atoms with Gasteiger partial charge in [-0.25, -0.2) is 22.8 Å². The third-order valence-electron chi connectivity index (χ3n) is 8.75. The molecule has 7 rings (SSSR count). The standard InChI is InChI=1S/C30H35F3N6O5S/c1-28(2)17-20-18-34-13-16-43-21-3-5-22(6-4-21)45(41,42)37-27(40)23-7-8-24(35-26(23)38(28)19-20)39-14-9-25(36-39)44-15-12-29(10-11-29)30(31,32)33/h3-9,14,20,34H,10-13,15-19H2,1-2H3,(H,37,40). The van der Waals surface area contributed by atoms with Crippen LogP contribution in [0.15, 0.2) is 53.6 Å². The van der Waals surface area contributed by atoms with Crippen molar-refractivity contribution in [3.05, 3.63) is 54.2 Å². The number of hydrogen-bond donors (Lipinski definition) is 2. The molecule has 0 spiro atoms. The summed E-state index contributed by atoms with van der Waals surface area (Å²) in [5, 5.41) is 7.77. The zero-order chi connectivity index (χ0) is 32.0. The second-order valence-corrected chi connectivity index (χ2v) is 14.1. The Balaban J connectivity index is 1.29. The number of carbonyl (C=O) groups excluding carboxylic acids is 1. The highest BCUT2D eigenvalue weighted by Crippen LogP contribution is 2.59. The summed E-state index contributed by atoms with van der Waals surface area (Å²) < 4.78 is 81.0. The Morgan fingerprint density at radius 3 is 2.58 bits per heavy atom. The molecule has 1 saturated heterocycles. The highest BCUT2D eigenvalue weighted by Gasteiger charge is 2.62. The van der Waals surface area contributed by atoms with Crippen molar-refractivity contribution >= 4 is 21.7 Å². The predicted molar refractivity (Wildman–Crippen MR) is 158 cm³/mol. The summed E-state index contributed by atoms with van der Waals surface area (Å²) in [5.41, 5.74) is -2.03. The van der Waals surface area contributed by atoms with Crippen molar-refractivity contribution in [2.24, 2.45) is 11.3 Å². The smallest absolute Gasteiger partial charge is 0.394 e. The summed E-state index contributed by atoms with van der Waals surface area (Å²) in [5.74, 6) is 0.634. The van der Waals surface area contributed by atoms with E-state index in [-0.39, 0.29) is 53.9 Å². The van der Waals surface area contributed by atoms with E-state index < -0.39 is 33.1 Å². The molecule has 1 aliphatic carbocycles. The van der Waals surface area contributed by atoms with Gasteiger partial charge in [-0.1, -0.05) is 0 Å². The molecule has 1 saturated carbocycles. The van der Waals surface area contributed by atoms with E-state index in [9.17, 15) is 26.4 Å². The van der Waals surface area contributed by atoms with Crippen LogP contribution in [0.5, 0.6) is 11.6 Å². The Kier molecular flexibility index (Phi) is 7.96. The number of anilines is 1. The fourth-order valence-electron chi connectivity index (χ4n) is 6.03. The summed E-state index contributed by atoms with van der Waals surface area (Å²) in [6.45, 7) is 6.19. The first kappa shape index (κ1) is 31.1. The molecule has 45 heavy (non-hydrogen) atoms. The van der Waals surface area contributed by atoms with E-state index in [1.807, 2.05) is 18.7 Å². The molecule has 11 nitrogen and oxygen atoms in total. The molecule has 4 bridgehead atoms. The highest BCUT2D eigenvalue weighted by molar-refractivity contribution is 7.90. The van der Waals surface area contributed by atoms with Gasteiger partial charge in [0, 0.05) is 30.9 Å². The molecule has 15 heteroatoms. The number of pyridine rings is 1. The Morgan fingerprint density at radius 1 is 1.11 bits per heavy atom. The number of rotatable bonds is 5. The highest BCUT2D eigenvalue weighted by atomic mass is 32.2. The first-order chi connectivity index (χ1) is 21.3. The first-order valence-corrected chi connectivity index (χ1v) is 16.3. The first-order valence-electron chi connectivity index (χ1n) is 14.8. The van der Waals surface area contributed by atoms with Crippen molar-refractivity contribution in [2.75, 3.05) is 37.7 Å². The molecule has 1 atom stereocenters. The Hall–Kier alpha value is -3.85. The maximum atomic E-state index is 13.6. The van der Waals surface area contributed by atoms with Gasteiger partial charge in [-0.15, -0.1) is 5.10 Å². The van der Waals surface area contributed by atoms with Crippen LogP contribution in [0.1, 0.15) is 49.9 Å². The predicted octanol–water partition coefficient (Wildman–Crippen LogP) is 4.08. The van der Waals surface area contributed by atoms with Gasteiger partial charge in [-0.2, -0.15) is 13.2 Å². The molecule has 5 heterocycles. The number of nitrogens with zero attached hydrogens (tertiary/aromatic N) is 4. The van der Waals surface area contributed by atoms with E-state index in [4.69, 9.17) is 14.5 Å². The van der Waals surface area contributed by atoms with Gasteiger partial charge in [0.15, 0.2) is 5.82 Å². The van der Waals surface area contributed by atoms with Crippen LogP contribution >= 0.6 is 0 Å². The number of ether oxygens (including phenoxy) is 2. The van der Waals surface area contributed by atoms with E-state index in [2.05, 4.69) is 15.1 Å². The summed E-state index contributed by atoms with van der Waals surface area (Å²) in [6.07, 6.45) is -1.84. The number of benzene rings is 1. The molecule has 2 fully saturated rings. The van der Waals surface area contributed by atoms with Gasteiger partial charge in [0.1, 0.15) is 18.2 Å². The van der Waals surface area contributed by atoms with Crippen molar-refractivity contribution in [1.29, 1.82) is 0 Å². The average Bonchev–Trinajstić information content (AvgIpc) is 3.53. The van der Waals surface area contributed by atoms with Crippen LogP contribution in [-0.2, 0) is 10.0 Å². The van der Waals surface area contributed by atoms with Crippen LogP contribution in [0.4, 0.5) is 19.0 Å². The number of carbonyl (C=O) groups is 1.